The van der Waals surface area contributed by atoms with Crippen LogP contribution in [-0.4, -0.2) is 44.3 Å². The van der Waals surface area contributed by atoms with E-state index < -0.39 is 11.9 Å². The van der Waals surface area contributed by atoms with Crippen LogP contribution in [0.25, 0.3) is 0 Å². The maximum atomic E-state index is 13.6. The zero-order valence-corrected chi connectivity index (χ0v) is 19.6. The lowest BCUT2D eigenvalue weighted by Gasteiger charge is -2.36. The molecule has 2 N–H and O–H groups in total. The molecule has 7 nitrogen and oxygen atoms in total. The van der Waals surface area contributed by atoms with Gasteiger partial charge in [-0.1, -0.05) is 36.4 Å². The van der Waals surface area contributed by atoms with Crippen molar-refractivity contribution in [3.05, 3.63) is 82.2 Å². The fourth-order valence-corrected chi connectivity index (χ4v) is 4.77. The molecule has 1 aliphatic heterocycles. The number of hydrogen-bond donors (Lipinski definition) is 2. The normalized spacial score (nSPS) is 20.0. The van der Waals surface area contributed by atoms with Crippen LogP contribution in [-0.2, 0) is 19.1 Å². The van der Waals surface area contributed by atoms with Crippen molar-refractivity contribution in [2.75, 3.05) is 27.4 Å². The second-order valence-electron chi connectivity index (χ2n) is 8.49. The first-order valence-electron chi connectivity index (χ1n) is 11.3. The van der Waals surface area contributed by atoms with Crippen molar-refractivity contribution >= 4 is 11.8 Å². The van der Waals surface area contributed by atoms with E-state index in [9.17, 15) is 14.7 Å². The van der Waals surface area contributed by atoms with Crippen LogP contribution < -0.4 is 10.1 Å². The second-order valence-corrected chi connectivity index (χ2v) is 8.49. The SMILES string of the molecule is COCCOC(=O)C1=C(C)NC2=C(C(=O)C[C@@H](c3ccccc3)C2)[C@H]1c1ccc(O)c(OC)c1. The van der Waals surface area contributed by atoms with E-state index >= 15 is 0 Å². The second kappa shape index (κ2) is 10.1. The van der Waals surface area contributed by atoms with E-state index in [2.05, 4.69) is 5.32 Å². The maximum absolute atomic E-state index is 13.6. The van der Waals surface area contributed by atoms with Gasteiger partial charge in [-0.25, -0.2) is 4.79 Å². The van der Waals surface area contributed by atoms with Gasteiger partial charge in [-0.2, -0.15) is 0 Å². The number of esters is 1. The molecule has 0 aromatic heterocycles. The number of carbonyl (C=O) groups is 2. The summed E-state index contributed by atoms with van der Waals surface area (Å²) >= 11 is 0. The Bertz CT molecular complexity index is 1150. The highest BCUT2D eigenvalue weighted by Gasteiger charge is 2.41. The summed E-state index contributed by atoms with van der Waals surface area (Å²) in [5, 5.41) is 13.5. The monoisotopic (exact) mass is 463 g/mol. The van der Waals surface area contributed by atoms with Crippen molar-refractivity contribution < 1.29 is 28.9 Å². The van der Waals surface area contributed by atoms with Crippen molar-refractivity contribution in [2.45, 2.75) is 31.6 Å². The Morgan fingerprint density at radius 1 is 1.06 bits per heavy atom. The molecular weight excluding hydrogens is 434 g/mol. The van der Waals surface area contributed by atoms with Crippen LogP contribution in [0.4, 0.5) is 0 Å². The number of aromatic hydroxyl groups is 1. The van der Waals surface area contributed by atoms with Crippen LogP contribution >= 0.6 is 0 Å². The first-order valence-corrected chi connectivity index (χ1v) is 11.3. The summed E-state index contributed by atoms with van der Waals surface area (Å²) in [5.74, 6) is -0.854. The molecule has 0 fully saturated rings. The van der Waals surface area contributed by atoms with Crippen molar-refractivity contribution in [3.8, 4) is 11.5 Å². The van der Waals surface area contributed by atoms with Crippen LogP contribution in [0.15, 0.2) is 71.1 Å². The van der Waals surface area contributed by atoms with E-state index in [-0.39, 0.29) is 36.4 Å². The number of nitrogens with one attached hydrogen (secondary N) is 1. The standard InChI is InChI=1S/C27H29NO6/c1-16-24(27(31)34-12-11-32-2)25(18-9-10-21(29)23(15-18)33-3)26-20(28-16)13-19(14-22(26)30)17-7-5-4-6-8-17/h4-10,15,19,25,28-29H,11-14H2,1-3H3/t19-,25-/m0/s1. The lowest BCUT2D eigenvalue weighted by molar-refractivity contribution is -0.140. The smallest absolute Gasteiger partial charge is 0.336 e. The summed E-state index contributed by atoms with van der Waals surface area (Å²) < 4.78 is 15.8. The lowest BCUT2D eigenvalue weighted by Crippen LogP contribution is -2.36. The Hall–Kier alpha value is -3.58. The predicted octanol–water partition coefficient (Wildman–Crippen LogP) is 3.95. The molecule has 0 saturated heterocycles. The summed E-state index contributed by atoms with van der Waals surface area (Å²) in [7, 11) is 3.00. The Labute approximate surface area is 199 Å². The maximum Gasteiger partial charge on any atom is 0.336 e. The predicted molar refractivity (Wildman–Crippen MR) is 127 cm³/mol. The number of ether oxygens (including phenoxy) is 3. The van der Waals surface area contributed by atoms with Crippen molar-refractivity contribution in [1.29, 1.82) is 0 Å². The topological polar surface area (TPSA) is 94.1 Å². The Kier molecular flexibility index (Phi) is 7.03. The third-order valence-corrected chi connectivity index (χ3v) is 6.38. The van der Waals surface area contributed by atoms with Crippen molar-refractivity contribution in [3.63, 3.8) is 0 Å². The minimum Gasteiger partial charge on any atom is -0.504 e. The number of rotatable bonds is 7. The molecule has 0 bridgehead atoms. The van der Waals surface area contributed by atoms with Crippen LogP contribution in [0.5, 0.6) is 11.5 Å². The fraction of sp³-hybridized carbons (Fsp3) is 0.333. The van der Waals surface area contributed by atoms with E-state index in [1.165, 1.54) is 20.3 Å². The minimum absolute atomic E-state index is 0.0153. The summed E-state index contributed by atoms with van der Waals surface area (Å²) in [6.07, 6.45) is 1.00. The zero-order valence-electron chi connectivity index (χ0n) is 19.6. The van der Waals surface area contributed by atoms with Gasteiger partial charge in [0.1, 0.15) is 6.61 Å². The third-order valence-electron chi connectivity index (χ3n) is 6.38. The Morgan fingerprint density at radius 2 is 1.82 bits per heavy atom. The lowest BCUT2D eigenvalue weighted by atomic mass is 9.71. The van der Waals surface area contributed by atoms with Gasteiger partial charge < -0.3 is 24.6 Å². The van der Waals surface area contributed by atoms with Crippen LogP contribution in [0.1, 0.15) is 42.7 Å². The molecule has 2 aromatic rings. The van der Waals surface area contributed by atoms with Crippen molar-refractivity contribution in [2.24, 2.45) is 0 Å². The van der Waals surface area contributed by atoms with Gasteiger partial charge in [0.05, 0.1) is 19.3 Å². The Balaban J connectivity index is 1.78. The van der Waals surface area contributed by atoms with Gasteiger partial charge in [0.15, 0.2) is 17.3 Å². The molecule has 0 radical (unpaired) electrons. The van der Waals surface area contributed by atoms with Gasteiger partial charge in [0.25, 0.3) is 0 Å². The van der Waals surface area contributed by atoms with Gasteiger partial charge in [-0.3, -0.25) is 4.79 Å². The highest BCUT2D eigenvalue weighted by molar-refractivity contribution is 6.04. The number of allylic oxidation sites excluding steroid dienone is 3. The minimum atomic E-state index is -0.634. The van der Waals surface area contributed by atoms with Gasteiger partial charge in [-0.05, 0) is 42.5 Å². The summed E-state index contributed by atoms with van der Waals surface area (Å²) in [6.45, 7) is 2.19. The molecule has 1 aliphatic carbocycles. The molecule has 0 saturated carbocycles. The van der Waals surface area contributed by atoms with E-state index in [1.807, 2.05) is 37.3 Å². The Morgan fingerprint density at radius 3 is 2.53 bits per heavy atom. The average Bonchev–Trinajstić information content (AvgIpc) is 2.84. The van der Waals surface area contributed by atoms with E-state index in [4.69, 9.17) is 14.2 Å². The van der Waals surface area contributed by atoms with Gasteiger partial charge in [-0.15, -0.1) is 0 Å². The molecule has 1 heterocycles. The van der Waals surface area contributed by atoms with Gasteiger partial charge >= 0.3 is 5.97 Å². The molecule has 2 atom stereocenters. The molecular formula is C27H29NO6. The molecule has 7 heteroatoms. The largest absolute Gasteiger partial charge is 0.504 e. The van der Waals surface area contributed by atoms with E-state index in [0.29, 0.717) is 35.2 Å². The molecule has 178 valence electrons. The summed E-state index contributed by atoms with van der Waals surface area (Å²) in [6, 6.07) is 14.9. The molecule has 2 aromatic carbocycles. The highest BCUT2D eigenvalue weighted by atomic mass is 16.6. The number of methoxy groups -OCH3 is 2. The van der Waals surface area contributed by atoms with E-state index in [0.717, 1.165) is 11.3 Å². The number of benzene rings is 2. The van der Waals surface area contributed by atoms with E-state index in [1.54, 1.807) is 12.1 Å². The number of dihydropyridines is 1. The molecule has 0 amide bonds. The first kappa shape index (κ1) is 23.6. The number of Topliss-reactive ketones (excluding diaryl/α,β-unsaturated/α-hetero) is 1. The zero-order chi connectivity index (χ0) is 24.2. The first-order chi connectivity index (χ1) is 16.4. The number of carbonyl (C=O) groups excluding carboxylic acids is 2. The average molecular weight is 464 g/mol. The molecule has 0 spiro atoms. The van der Waals surface area contributed by atoms with Crippen LogP contribution in [0.2, 0.25) is 0 Å². The highest BCUT2D eigenvalue weighted by Crippen LogP contribution is 2.46. The number of ketones is 1. The number of phenols is 1. The number of hydrogen-bond acceptors (Lipinski definition) is 7. The molecule has 2 aliphatic rings. The molecule has 0 unspecified atom stereocenters. The summed E-state index contributed by atoms with van der Waals surface area (Å²) in [5.41, 5.74) is 4.16. The van der Waals surface area contributed by atoms with Crippen LogP contribution in [0, 0.1) is 0 Å². The van der Waals surface area contributed by atoms with Crippen LogP contribution in [0.3, 0.4) is 0 Å². The van der Waals surface area contributed by atoms with Gasteiger partial charge in [0.2, 0.25) is 0 Å². The molecule has 34 heavy (non-hydrogen) atoms. The third kappa shape index (κ3) is 4.56. The molecule has 4 rings (SSSR count). The van der Waals surface area contributed by atoms with Crippen molar-refractivity contribution in [1.82, 2.24) is 5.32 Å². The fourth-order valence-electron chi connectivity index (χ4n) is 4.77. The number of phenolic OH excluding ortho intramolecular Hbond substituents is 1. The summed E-state index contributed by atoms with van der Waals surface area (Å²) in [4.78, 5) is 26.7. The van der Waals surface area contributed by atoms with Gasteiger partial charge in [0, 0.05) is 36.4 Å². The quantitative estimate of drug-likeness (QED) is 0.474.